The van der Waals surface area contributed by atoms with Crippen molar-refractivity contribution in [3.8, 4) is 11.5 Å². The molecule has 0 bridgehead atoms. The molecule has 2 aliphatic heterocycles. The van der Waals surface area contributed by atoms with Crippen LogP contribution in [0, 0.1) is 6.92 Å². The van der Waals surface area contributed by atoms with Crippen molar-refractivity contribution < 1.29 is 24.2 Å². The van der Waals surface area contributed by atoms with E-state index >= 15 is 0 Å². The van der Waals surface area contributed by atoms with Crippen molar-refractivity contribution in [2.24, 2.45) is 0 Å². The fraction of sp³-hybridized carbons (Fsp3) is 0.345. The van der Waals surface area contributed by atoms with Gasteiger partial charge in [0.05, 0.1) is 12.6 Å². The number of carbonyl (C=O) groups is 3. The van der Waals surface area contributed by atoms with Crippen LogP contribution in [0.4, 0.5) is 22.0 Å². The van der Waals surface area contributed by atoms with Gasteiger partial charge in [0.1, 0.15) is 23.1 Å². The Labute approximate surface area is 237 Å². The molecule has 12 nitrogen and oxygen atoms in total. The molecule has 3 aromatic rings. The molecule has 3 amide bonds. The number of carbonyl (C=O) groups excluding carboxylic acids is 2. The molecule has 1 atom stereocenters. The molecule has 2 aliphatic rings. The van der Waals surface area contributed by atoms with Gasteiger partial charge in [-0.3, -0.25) is 9.59 Å². The molecule has 41 heavy (non-hydrogen) atoms. The zero-order chi connectivity index (χ0) is 28.9. The molecule has 214 valence electrons. The maximum absolute atomic E-state index is 13.1. The van der Waals surface area contributed by atoms with Gasteiger partial charge in [-0.1, -0.05) is 12.1 Å². The summed E-state index contributed by atoms with van der Waals surface area (Å²) in [6.07, 6.45) is 1.58. The molecule has 12 heteroatoms. The highest BCUT2D eigenvalue weighted by Gasteiger charge is 2.31. The van der Waals surface area contributed by atoms with Crippen molar-refractivity contribution in [1.29, 1.82) is 0 Å². The zero-order valence-electron chi connectivity index (χ0n) is 23.0. The summed E-state index contributed by atoms with van der Waals surface area (Å²) in [5.41, 5.74) is 2.42. The molecule has 0 radical (unpaired) electrons. The summed E-state index contributed by atoms with van der Waals surface area (Å²) in [6, 6.07) is 14.8. The summed E-state index contributed by atoms with van der Waals surface area (Å²) in [7, 11) is 0. The Kier molecular flexibility index (Phi) is 8.18. The molecule has 1 aromatic heterocycles. The van der Waals surface area contributed by atoms with Gasteiger partial charge < -0.3 is 35.2 Å². The van der Waals surface area contributed by atoms with E-state index in [-0.39, 0.29) is 24.4 Å². The van der Waals surface area contributed by atoms with Gasteiger partial charge in [-0.05, 0) is 37.6 Å². The number of carboxylic acid groups (broad SMARTS) is 1. The van der Waals surface area contributed by atoms with Crippen molar-refractivity contribution in [1.82, 2.24) is 19.8 Å². The minimum atomic E-state index is -0.957. The summed E-state index contributed by atoms with van der Waals surface area (Å²) in [5, 5.41) is 15.5. The number of fused-ring (bicyclic) bond motifs is 1. The van der Waals surface area contributed by atoms with E-state index in [9.17, 15) is 19.5 Å². The number of aromatic nitrogens is 2. The molecule has 1 fully saturated rings. The number of benzene rings is 2. The Hall–Kier alpha value is -4.87. The molecule has 3 N–H and O–H groups in total. The maximum atomic E-state index is 13.1. The first-order chi connectivity index (χ1) is 19.7. The molecule has 5 rings (SSSR count). The Morgan fingerprint density at radius 2 is 1.63 bits per heavy atom. The van der Waals surface area contributed by atoms with Gasteiger partial charge in [-0.25, -0.2) is 14.8 Å². The van der Waals surface area contributed by atoms with Gasteiger partial charge in [0, 0.05) is 74.9 Å². The number of piperazine rings is 1. The Bertz CT molecular complexity index is 1440. The SMILES string of the molecule is CC(=O)Nc1cccc(Oc2cccc(NC3CCN(CC(=O)N4CCN(C(=O)O)CC4)c4nc(C)ncc43)c2)c1. The van der Waals surface area contributed by atoms with Crippen LogP contribution < -0.4 is 20.3 Å². The zero-order valence-corrected chi connectivity index (χ0v) is 23.0. The predicted octanol–water partition coefficient (Wildman–Crippen LogP) is 3.72. The van der Waals surface area contributed by atoms with Crippen molar-refractivity contribution in [3.63, 3.8) is 0 Å². The fourth-order valence-corrected chi connectivity index (χ4v) is 5.05. The third-order valence-electron chi connectivity index (χ3n) is 7.07. The van der Waals surface area contributed by atoms with E-state index in [4.69, 9.17) is 4.74 Å². The smallest absolute Gasteiger partial charge is 0.407 e. The molecule has 0 aliphatic carbocycles. The molecule has 0 saturated carbocycles. The second-order valence-corrected chi connectivity index (χ2v) is 10.1. The summed E-state index contributed by atoms with van der Waals surface area (Å²) in [4.78, 5) is 49.8. The van der Waals surface area contributed by atoms with Crippen molar-refractivity contribution in [2.45, 2.75) is 26.3 Å². The number of nitrogens with one attached hydrogen (secondary N) is 2. The van der Waals surface area contributed by atoms with Gasteiger partial charge in [0.15, 0.2) is 0 Å². The standard InChI is InChI=1S/C29H33N7O5/c1-19-30-17-25-26(9-10-36(28(25)31-19)18-27(38)34-11-13-35(14-12-34)29(39)40)33-22-6-4-8-24(16-22)41-23-7-3-5-21(15-23)32-20(2)37/h3-8,15-17,26,33H,9-14,18H2,1-2H3,(H,32,37)(H,39,40). The lowest BCUT2D eigenvalue weighted by molar-refractivity contribution is -0.131. The van der Waals surface area contributed by atoms with Crippen LogP contribution in [-0.2, 0) is 9.59 Å². The fourth-order valence-electron chi connectivity index (χ4n) is 5.05. The van der Waals surface area contributed by atoms with E-state index in [1.54, 1.807) is 17.0 Å². The molecule has 3 heterocycles. The van der Waals surface area contributed by atoms with Crippen LogP contribution in [0.5, 0.6) is 11.5 Å². The van der Waals surface area contributed by atoms with Gasteiger partial charge >= 0.3 is 6.09 Å². The molecule has 1 unspecified atom stereocenters. The third-order valence-corrected chi connectivity index (χ3v) is 7.07. The first kappa shape index (κ1) is 27.7. The van der Waals surface area contributed by atoms with Crippen molar-refractivity contribution >= 4 is 35.1 Å². The first-order valence-corrected chi connectivity index (χ1v) is 13.5. The van der Waals surface area contributed by atoms with Crippen LogP contribution in [0.2, 0.25) is 0 Å². The van der Waals surface area contributed by atoms with Gasteiger partial charge in [-0.2, -0.15) is 0 Å². The topological polar surface area (TPSA) is 140 Å². The molecule has 2 aromatic carbocycles. The lowest BCUT2D eigenvalue weighted by Crippen LogP contribution is -2.53. The summed E-state index contributed by atoms with van der Waals surface area (Å²) in [5.74, 6) is 2.39. The van der Waals surface area contributed by atoms with Gasteiger partial charge in [0.2, 0.25) is 11.8 Å². The minimum Gasteiger partial charge on any atom is -0.465 e. The number of anilines is 3. The van der Waals surface area contributed by atoms with Crippen molar-refractivity contribution in [3.05, 3.63) is 66.1 Å². The molecular formula is C29H33N7O5. The maximum Gasteiger partial charge on any atom is 0.407 e. The second kappa shape index (κ2) is 12.1. The van der Waals surface area contributed by atoms with Gasteiger partial charge in [-0.15, -0.1) is 0 Å². The number of rotatable bonds is 7. The van der Waals surface area contributed by atoms with Crippen LogP contribution >= 0.6 is 0 Å². The Morgan fingerprint density at radius 3 is 2.32 bits per heavy atom. The second-order valence-electron chi connectivity index (χ2n) is 10.1. The van der Waals surface area contributed by atoms with E-state index in [0.717, 1.165) is 23.5 Å². The van der Waals surface area contributed by atoms with E-state index in [1.165, 1.54) is 11.8 Å². The largest absolute Gasteiger partial charge is 0.465 e. The van der Waals surface area contributed by atoms with E-state index in [0.29, 0.717) is 55.7 Å². The van der Waals surface area contributed by atoms with Crippen LogP contribution in [0.3, 0.4) is 0 Å². The number of hydrogen-bond donors (Lipinski definition) is 3. The van der Waals surface area contributed by atoms with Crippen LogP contribution in [-0.4, -0.2) is 82.1 Å². The number of amides is 3. The minimum absolute atomic E-state index is 0.0453. The summed E-state index contributed by atoms with van der Waals surface area (Å²) in [6.45, 7) is 5.47. The number of aryl methyl sites for hydroxylation is 1. The van der Waals surface area contributed by atoms with E-state index in [1.807, 2.05) is 54.4 Å². The Morgan fingerprint density at radius 1 is 0.976 bits per heavy atom. The predicted molar refractivity (Wildman–Crippen MR) is 153 cm³/mol. The van der Waals surface area contributed by atoms with Crippen molar-refractivity contribution in [2.75, 3.05) is 54.8 Å². The monoisotopic (exact) mass is 559 g/mol. The lowest BCUT2D eigenvalue weighted by Gasteiger charge is -2.37. The van der Waals surface area contributed by atoms with E-state index < -0.39 is 6.09 Å². The molecular weight excluding hydrogens is 526 g/mol. The van der Waals surface area contributed by atoms with E-state index in [2.05, 4.69) is 20.6 Å². The normalized spacial score (nSPS) is 16.5. The summed E-state index contributed by atoms with van der Waals surface area (Å²) < 4.78 is 6.05. The quantitative estimate of drug-likeness (QED) is 0.395. The van der Waals surface area contributed by atoms with Crippen LogP contribution in [0.1, 0.15) is 30.8 Å². The average molecular weight is 560 g/mol. The lowest BCUT2D eigenvalue weighted by atomic mass is 10.00. The molecule has 0 spiro atoms. The van der Waals surface area contributed by atoms with Crippen LogP contribution in [0.25, 0.3) is 0 Å². The summed E-state index contributed by atoms with van der Waals surface area (Å²) >= 11 is 0. The van der Waals surface area contributed by atoms with Crippen LogP contribution in [0.15, 0.2) is 54.7 Å². The third kappa shape index (κ3) is 6.83. The highest BCUT2D eigenvalue weighted by molar-refractivity contribution is 5.88. The Balaban J connectivity index is 1.26. The highest BCUT2D eigenvalue weighted by Crippen LogP contribution is 2.35. The average Bonchev–Trinajstić information content (AvgIpc) is 2.94. The van der Waals surface area contributed by atoms with Gasteiger partial charge in [0.25, 0.3) is 0 Å². The first-order valence-electron chi connectivity index (χ1n) is 13.5. The number of ether oxygens (including phenoxy) is 1. The number of nitrogens with zero attached hydrogens (tertiary/aromatic N) is 5. The molecule has 1 saturated heterocycles. The number of hydrogen-bond acceptors (Lipinski definition) is 8. The highest BCUT2D eigenvalue weighted by atomic mass is 16.5.